The van der Waals surface area contributed by atoms with E-state index < -0.39 is 40.8 Å². The van der Waals surface area contributed by atoms with Gasteiger partial charge in [0, 0.05) is 29.5 Å². The van der Waals surface area contributed by atoms with Gasteiger partial charge in [-0.25, -0.2) is 9.78 Å². The van der Waals surface area contributed by atoms with Gasteiger partial charge in [0.05, 0.1) is 24.1 Å². The maximum Gasteiger partial charge on any atom is 0.350 e. The molecular weight excluding hydrogens is 550 g/mol. The first kappa shape index (κ1) is 26.6. The van der Waals surface area contributed by atoms with E-state index in [1.165, 1.54) is 17.1 Å². The van der Waals surface area contributed by atoms with E-state index in [0.717, 1.165) is 16.2 Å². The summed E-state index contributed by atoms with van der Waals surface area (Å²) in [5.74, 6) is -3.87. The van der Waals surface area contributed by atoms with Crippen molar-refractivity contribution >= 4 is 57.7 Å². The highest BCUT2D eigenvalue weighted by molar-refractivity contribution is 8.00. The number of hydrogen-bond acceptors (Lipinski definition) is 12. The van der Waals surface area contributed by atoms with Crippen LogP contribution in [-0.4, -0.2) is 72.2 Å². The zero-order valence-corrected chi connectivity index (χ0v) is 21.9. The number of anilines is 1. The largest absolute Gasteiger partial charge is 0.543 e. The van der Waals surface area contributed by atoms with E-state index in [-0.39, 0.29) is 47.4 Å². The third-order valence-electron chi connectivity index (χ3n) is 6.68. The van der Waals surface area contributed by atoms with Crippen LogP contribution in [0, 0.1) is 0 Å². The quantitative estimate of drug-likeness (QED) is 0.138. The van der Waals surface area contributed by atoms with Crippen LogP contribution >= 0.6 is 23.1 Å². The van der Waals surface area contributed by atoms with Crippen LogP contribution in [0.15, 0.2) is 46.6 Å². The first-order valence-electron chi connectivity index (χ1n) is 11.9. The average molecular weight is 574 g/mol. The molecule has 2 aromatic rings. The molecule has 2 aromatic heterocycles. The smallest absolute Gasteiger partial charge is 0.350 e. The van der Waals surface area contributed by atoms with Gasteiger partial charge in [-0.15, -0.1) is 23.1 Å². The molecule has 4 N–H and O–H groups in total. The zero-order chi connectivity index (χ0) is 27.7. The van der Waals surface area contributed by atoms with E-state index in [2.05, 4.69) is 20.4 Å². The molecule has 5 rings (SSSR count). The molecule has 2 fully saturated rings. The van der Waals surface area contributed by atoms with E-state index in [1.807, 2.05) is 0 Å². The molecule has 14 nitrogen and oxygen atoms in total. The van der Waals surface area contributed by atoms with Crippen molar-refractivity contribution in [1.82, 2.24) is 20.2 Å². The van der Waals surface area contributed by atoms with Crippen LogP contribution in [0.3, 0.4) is 0 Å². The van der Waals surface area contributed by atoms with Gasteiger partial charge in [-0.05, 0) is 12.8 Å². The predicted molar refractivity (Wildman–Crippen MR) is 134 cm³/mol. The van der Waals surface area contributed by atoms with Crippen molar-refractivity contribution in [2.24, 2.45) is 5.16 Å². The summed E-state index contributed by atoms with van der Waals surface area (Å²) in [5, 5.41) is 29.1. The topological polar surface area (TPSA) is 204 Å². The number of fused-ring (bicyclic) bond motifs is 1. The van der Waals surface area contributed by atoms with Crippen LogP contribution in [0.4, 0.5) is 5.13 Å². The summed E-state index contributed by atoms with van der Waals surface area (Å²) >= 11 is 2.34. The lowest BCUT2D eigenvalue weighted by Gasteiger charge is -2.50. The Morgan fingerprint density at radius 3 is 2.64 bits per heavy atom. The average Bonchev–Trinajstić information content (AvgIpc) is 3.57. The number of oxime groups is 1. The highest BCUT2D eigenvalue weighted by Crippen LogP contribution is 2.40. The molecule has 2 atom stereocenters. The number of thioether (sulfide) groups is 1. The summed E-state index contributed by atoms with van der Waals surface area (Å²) in [5.41, 5.74) is 4.12. The molecule has 2 aliphatic heterocycles. The molecule has 3 aliphatic rings. The van der Waals surface area contributed by atoms with Crippen LogP contribution in [0.2, 0.25) is 0 Å². The zero-order valence-electron chi connectivity index (χ0n) is 20.3. The molecule has 0 aromatic carbocycles. The van der Waals surface area contributed by atoms with Crippen molar-refractivity contribution in [3.05, 3.63) is 47.1 Å². The Bertz CT molecular complexity index is 1390. The second-order valence-corrected chi connectivity index (χ2v) is 11.1. The number of nitrogens with two attached hydrogens (primary N) is 1. The van der Waals surface area contributed by atoms with Gasteiger partial charge in [0.15, 0.2) is 29.8 Å². The molecule has 0 bridgehead atoms. The minimum Gasteiger partial charge on any atom is -0.543 e. The van der Waals surface area contributed by atoms with Crippen LogP contribution in [0.5, 0.6) is 0 Å². The summed E-state index contributed by atoms with van der Waals surface area (Å²) < 4.78 is 1.73. The number of carbonyl (C=O) groups is 4. The molecule has 1 saturated carbocycles. The summed E-state index contributed by atoms with van der Waals surface area (Å²) in [6.07, 6.45) is 8.19. The number of aromatic nitrogens is 3. The second kappa shape index (κ2) is 10.6. The normalized spacial score (nSPS) is 22.2. The number of carboxylic acid groups (broad SMARTS) is 2. The molecule has 2 amide bonds. The SMILES string of the molecule is Nc1nc(C(=NOC2(C(=O)O)CCCC2)C(=O)NC2C(=O)N3C(C(=O)[O-])=C(C[n+]4ccncc4)CS[C@@H]23)cs1. The van der Waals surface area contributed by atoms with Crippen molar-refractivity contribution in [1.29, 1.82) is 0 Å². The van der Waals surface area contributed by atoms with Crippen molar-refractivity contribution in [3.8, 4) is 0 Å². The molecule has 1 saturated heterocycles. The van der Waals surface area contributed by atoms with Crippen LogP contribution in [-0.2, 0) is 30.6 Å². The van der Waals surface area contributed by atoms with Gasteiger partial charge in [-0.2, -0.15) is 4.57 Å². The van der Waals surface area contributed by atoms with E-state index in [0.29, 0.717) is 18.4 Å². The molecule has 0 radical (unpaired) electrons. The van der Waals surface area contributed by atoms with Crippen LogP contribution in [0.25, 0.3) is 0 Å². The van der Waals surface area contributed by atoms with E-state index in [9.17, 15) is 29.4 Å². The van der Waals surface area contributed by atoms with E-state index in [1.54, 1.807) is 29.4 Å². The van der Waals surface area contributed by atoms with Crippen molar-refractivity contribution in [3.63, 3.8) is 0 Å². The Kier molecular flexibility index (Phi) is 7.22. The monoisotopic (exact) mass is 573 g/mol. The Morgan fingerprint density at radius 1 is 1.31 bits per heavy atom. The number of nitrogen functional groups attached to an aromatic ring is 1. The summed E-state index contributed by atoms with van der Waals surface area (Å²) in [6.45, 7) is 0.219. The standard InChI is InChI=1S/C23H23N7O7S2/c24-22-26-13(11-39-22)14(28-37-23(21(35)36)3-1-2-4-23)17(31)27-15-18(32)30-16(20(33)34)12(10-38-19(15)30)9-29-7-5-25-6-8-29/h5-8,11,15,19H,1-4,9-10H2,(H4-,24,26,27,31,33,34,35,36)/t15?,19-/m0/s1. The number of aliphatic carboxylic acids is 2. The highest BCUT2D eigenvalue weighted by atomic mass is 32.2. The Labute approximate surface area is 229 Å². The Balaban J connectivity index is 1.36. The Hall–Kier alpha value is -4.05. The number of thiazole rings is 1. The Morgan fingerprint density at radius 2 is 2.03 bits per heavy atom. The maximum absolute atomic E-state index is 13.3. The van der Waals surface area contributed by atoms with Crippen molar-refractivity contribution in [2.75, 3.05) is 11.5 Å². The fourth-order valence-electron chi connectivity index (χ4n) is 4.70. The highest BCUT2D eigenvalue weighted by Gasteiger charge is 2.53. The number of β-lactam (4-membered cyclic amide) rings is 1. The molecule has 204 valence electrons. The molecule has 4 heterocycles. The van der Waals surface area contributed by atoms with Gasteiger partial charge in [-0.1, -0.05) is 5.16 Å². The van der Waals surface area contributed by atoms with Crippen LogP contribution < -0.4 is 20.7 Å². The minimum atomic E-state index is -1.56. The summed E-state index contributed by atoms with van der Waals surface area (Å²) in [4.78, 5) is 64.8. The number of rotatable bonds is 9. The van der Waals surface area contributed by atoms with Gasteiger partial charge < -0.3 is 30.9 Å². The van der Waals surface area contributed by atoms with Gasteiger partial charge >= 0.3 is 5.97 Å². The predicted octanol–water partition coefficient (Wildman–Crippen LogP) is -1.37. The number of carbonyl (C=O) groups excluding carboxylic acids is 3. The fourth-order valence-corrected chi connectivity index (χ4v) is 6.58. The van der Waals surface area contributed by atoms with Gasteiger partial charge in [0.2, 0.25) is 5.60 Å². The maximum atomic E-state index is 13.3. The van der Waals surface area contributed by atoms with E-state index in [4.69, 9.17) is 10.6 Å². The number of carboxylic acids is 2. The molecular formula is C23H23N7O7S2. The fraction of sp³-hybridized carbons (Fsp3) is 0.391. The van der Waals surface area contributed by atoms with Crippen molar-refractivity contribution < 1.29 is 38.8 Å². The van der Waals surface area contributed by atoms with Gasteiger partial charge in [-0.3, -0.25) is 19.5 Å². The van der Waals surface area contributed by atoms with Gasteiger partial charge in [0.25, 0.3) is 11.8 Å². The van der Waals surface area contributed by atoms with Crippen LogP contribution in [0.1, 0.15) is 31.4 Å². The van der Waals surface area contributed by atoms with E-state index >= 15 is 0 Å². The number of hydrogen-bond donors (Lipinski definition) is 3. The molecule has 1 aliphatic carbocycles. The molecule has 16 heteroatoms. The summed E-state index contributed by atoms with van der Waals surface area (Å²) in [6, 6.07) is -1.06. The number of amides is 2. The lowest BCUT2D eigenvalue weighted by Crippen LogP contribution is -2.71. The third kappa shape index (κ3) is 5.04. The first-order valence-corrected chi connectivity index (χ1v) is 13.8. The van der Waals surface area contributed by atoms with Gasteiger partial charge in [0.1, 0.15) is 17.1 Å². The molecule has 39 heavy (non-hydrogen) atoms. The first-order chi connectivity index (χ1) is 18.7. The second-order valence-electron chi connectivity index (χ2n) is 9.13. The number of nitrogens with zero attached hydrogens (tertiary/aromatic N) is 5. The molecule has 0 spiro atoms. The molecule has 1 unspecified atom stereocenters. The lowest BCUT2D eigenvalue weighted by molar-refractivity contribution is -0.689. The van der Waals surface area contributed by atoms with Crippen molar-refractivity contribution in [2.45, 2.75) is 49.2 Å². The number of nitrogens with one attached hydrogen (secondary N) is 1. The summed E-state index contributed by atoms with van der Waals surface area (Å²) in [7, 11) is 0. The minimum absolute atomic E-state index is 0.0560. The lowest BCUT2D eigenvalue weighted by atomic mass is 10.0. The third-order valence-corrected chi connectivity index (χ3v) is 8.69.